The van der Waals surface area contributed by atoms with Gasteiger partial charge in [-0.25, -0.2) is 14.6 Å². The molecule has 4 heterocycles. The van der Waals surface area contributed by atoms with Crippen LogP contribution in [0.25, 0.3) is 16.7 Å². The first-order chi connectivity index (χ1) is 13.7. The number of nitrogens with zero attached hydrogens (tertiary/aromatic N) is 5. The largest absolute Gasteiger partial charge is 0.302 e. The van der Waals surface area contributed by atoms with Crippen LogP contribution < -0.4 is 10.9 Å². The Labute approximate surface area is 167 Å². The van der Waals surface area contributed by atoms with Gasteiger partial charge in [0, 0.05) is 23.8 Å². The number of aromatic nitrogens is 5. The molecule has 1 amide bonds. The number of hydrogen-bond donors (Lipinski definition) is 1. The summed E-state index contributed by atoms with van der Waals surface area (Å²) in [6, 6.07) is 9.33. The third-order valence-corrected chi connectivity index (χ3v) is 6.26. The van der Waals surface area contributed by atoms with Crippen LogP contribution in [0.3, 0.4) is 0 Å². The SMILES string of the molecule is O=C(C[C@H]1CSc2nc3c(cnn3-c3ccccc3)c(=O)n21)Nc1nccs1. The predicted octanol–water partition coefficient (Wildman–Crippen LogP) is 2.71. The number of nitrogens with one attached hydrogen (secondary N) is 1. The fraction of sp³-hybridized carbons (Fsp3) is 0.167. The lowest BCUT2D eigenvalue weighted by molar-refractivity contribution is -0.116. The zero-order chi connectivity index (χ0) is 19.1. The zero-order valence-electron chi connectivity index (χ0n) is 14.5. The highest BCUT2D eigenvalue weighted by atomic mass is 32.2. The smallest absolute Gasteiger partial charge is 0.265 e. The van der Waals surface area contributed by atoms with Gasteiger partial charge in [0.05, 0.1) is 17.9 Å². The number of para-hydroxylation sites is 1. The molecule has 0 aliphatic carbocycles. The van der Waals surface area contributed by atoms with Crippen LogP contribution >= 0.6 is 23.1 Å². The monoisotopic (exact) mass is 410 g/mol. The maximum absolute atomic E-state index is 13.1. The maximum Gasteiger partial charge on any atom is 0.265 e. The first-order valence-electron chi connectivity index (χ1n) is 8.58. The lowest BCUT2D eigenvalue weighted by Crippen LogP contribution is -2.27. The molecule has 1 aromatic carbocycles. The molecule has 0 bridgehead atoms. The zero-order valence-corrected chi connectivity index (χ0v) is 16.1. The quantitative estimate of drug-likeness (QED) is 0.520. The average molecular weight is 410 g/mol. The van der Waals surface area contributed by atoms with E-state index in [1.165, 1.54) is 23.1 Å². The summed E-state index contributed by atoms with van der Waals surface area (Å²) in [7, 11) is 0. The Morgan fingerprint density at radius 1 is 1.29 bits per heavy atom. The van der Waals surface area contributed by atoms with Gasteiger partial charge in [-0.1, -0.05) is 30.0 Å². The van der Waals surface area contributed by atoms with Crippen LogP contribution in [0.4, 0.5) is 5.13 Å². The Bertz CT molecular complexity index is 1220. The second-order valence-corrected chi connectivity index (χ2v) is 8.13. The summed E-state index contributed by atoms with van der Waals surface area (Å²) in [5.41, 5.74) is 1.21. The molecule has 1 aliphatic heterocycles. The second-order valence-electron chi connectivity index (χ2n) is 6.25. The molecule has 5 rings (SSSR count). The van der Waals surface area contributed by atoms with E-state index in [1.54, 1.807) is 27.0 Å². The Kier molecular flexibility index (Phi) is 4.21. The van der Waals surface area contributed by atoms with E-state index in [9.17, 15) is 9.59 Å². The van der Waals surface area contributed by atoms with Crippen molar-refractivity contribution in [2.75, 3.05) is 11.1 Å². The van der Waals surface area contributed by atoms with Gasteiger partial charge >= 0.3 is 0 Å². The minimum Gasteiger partial charge on any atom is -0.302 e. The lowest BCUT2D eigenvalue weighted by atomic mass is 10.2. The molecule has 3 aromatic heterocycles. The Hall–Kier alpha value is -2.98. The predicted molar refractivity (Wildman–Crippen MR) is 108 cm³/mol. The fourth-order valence-corrected chi connectivity index (χ4v) is 4.88. The van der Waals surface area contributed by atoms with E-state index in [2.05, 4.69) is 20.4 Å². The van der Waals surface area contributed by atoms with Crippen LogP contribution in [0, 0.1) is 0 Å². The minimum atomic E-state index is -0.246. The number of carbonyl (C=O) groups excluding carboxylic acids is 1. The molecule has 8 nitrogen and oxygen atoms in total. The highest BCUT2D eigenvalue weighted by Gasteiger charge is 2.29. The van der Waals surface area contributed by atoms with E-state index in [0.717, 1.165) is 5.69 Å². The first kappa shape index (κ1) is 17.1. The molecule has 28 heavy (non-hydrogen) atoms. The summed E-state index contributed by atoms with van der Waals surface area (Å²) in [5.74, 6) is 0.458. The topological polar surface area (TPSA) is 94.7 Å². The van der Waals surface area contributed by atoms with Gasteiger partial charge in [-0.3, -0.25) is 14.2 Å². The molecule has 1 N–H and O–H groups in total. The van der Waals surface area contributed by atoms with E-state index < -0.39 is 0 Å². The number of amides is 1. The molecule has 1 atom stereocenters. The molecule has 140 valence electrons. The van der Waals surface area contributed by atoms with Crippen LogP contribution in [0.15, 0.2) is 58.1 Å². The van der Waals surface area contributed by atoms with Gasteiger partial charge in [0.2, 0.25) is 5.91 Å². The number of thioether (sulfide) groups is 1. The van der Waals surface area contributed by atoms with Crippen LogP contribution in [0.5, 0.6) is 0 Å². The van der Waals surface area contributed by atoms with Crippen molar-refractivity contribution in [1.29, 1.82) is 0 Å². The van der Waals surface area contributed by atoms with Crippen molar-refractivity contribution in [1.82, 2.24) is 24.3 Å². The van der Waals surface area contributed by atoms with Gasteiger partial charge in [-0.05, 0) is 12.1 Å². The van der Waals surface area contributed by atoms with Crippen LogP contribution in [-0.4, -0.2) is 36.0 Å². The second kappa shape index (κ2) is 6.88. The van der Waals surface area contributed by atoms with Gasteiger partial charge in [-0.15, -0.1) is 11.3 Å². The molecule has 0 saturated heterocycles. The van der Waals surface area contributed by atoms with Crippen LogP contribution in [-0.2, 0) is 4.79 Å². The van der Waals surface area contributed by atoms with Crippen molar-refractivity contribution in [2.24, 2.45) is 0 Å². The Morgan fingerprint density at radius 3 is 2.93 bits per heavy atom. The lowest BCUT2D eigenvalue weighted by Gasteiger charge is -2.12. The average Bonchev–Trinajstić information content (AvgIpc) is 3.43. The maximum atomic E-state index is 13.1. The number of rotatable bonds is 4. The normalized spacial score (nSPS) is 15.6. The van der Waals surface area contributed by atoms with E-state index in [1.807, 2.05) is 30.3 Å². The number of anilines is 1. The van der Waals surface area contributed by atoms with Crippen LogP contribution in [0.1, 0.15) is 12.5 Å². The highest BCUT2D eigenvalue weighted by molar-refractivity contribution is 7.99. The summed E-state index contributed by atoms with van der Waals surface area (Å²) in [6.45, 7) is 0. The molecule has 4 aromatic rings. The van der Waals surface area contributed by atoms with Crippen molar-refractivity contribution < 1.29 is 4.79 Å². The summed E-state index contributed by atoms with van der Waals surface area (Å²) in [5, 5.41) is 10.5. The number of benzene rings is 1. The van der Waals surface area contributed by atoms with Gasteiger partial charge in [0.15, 0.2) is 15.9 Å². The van der Waals surface area contributed by atoms with Crippen molar-refractivity contribution >= 4 is 45.2 Å². The summed E-state index contributed by atoms with van der Waals surface area (Å²) in [4.78, 5) is 34.1. The molecule has 0 spiro atoms. The number of fused-ring (bicyclic) bond motifs is 2. The third kappa shape index (κ3) is 2.90. The third-order valence-electron chi connectivity index (χ3n) is 4.47. The van der Waals surface area contributed by atoms with Gasteiger partial charge in [0.1, 0.15) is 5.39 Å². The number of carbonyl (C=O) groups is 1. The van der Waals surface area contributed by atoms with Gasteiger partial charge in [0.25, 0.3) is 5.56 Å². The van der Waals surface area contributed by atoms with E-state index in [0.29, 0.717) is 27.1 Å². The standard InChI is InChI=1S/C18H14N6O2S2/c25-14(21-17-19-6-7-27-17)8-12-10-28-18-22-15-13(16(26)23(12)18)9-20-24(15)11-4-2-1-3-5-11/h1-7,9,12H,8,10H2,(H,19,21,25)/t12-/m0/s1. The van der Waals surface area contributed by atoms with Crippen molar-refractivity contribution in [3.63, 3.8) is 0 Å². The Morgan fingerprint density at radius 2 is 2.14 bits per heavy atom. The van der Waals surface area contributed by atoms with Crippen molar-refractivity contribution in [3.05, 3.63) is 58.5 Å². The summed E-state index contributed by atoms with van der Waals surface area (Å²) in [6.07, 6.45) is 3.37. The molecule has 1 aliphatic rings. The Balaban J connectivity index is 1.49. The molecule has 0 fully saturated rings. The summed E-state index contributed by atoms with van der Waals surface area (Å²) >= 11 is 2.84. The number of thiazole rings is 1. The molecule has 0 saturated carbocycles. The molecular weight excluding hydrogens is 396 g/mol. The first-order valence-corrected chi connectivity index (χ1v) is 10.4. The highest BCUT2D eigenvalue weighted by Crippen LogP contribution is 2.33. The fourth-order valence-electron chi connectivity index (χ4n) is 3.21. The molecular formula is C18H14N6O2S2. The molecule has 10 heteroatoms. The van der Waals surface area contributed by atoms with E-state index >= 15 is 0 Å². The number of hydrogen-bond acceptors (Lipinski definition) is 7. The van der Waals surface area contributed by atoms with Gasteiger partial charge in [-0.2, -0.15) is 5.10 Å². The van der Waals surface area contributed by atoms with Crippen molar-refractivity contribution in [2.45, 2.75) is 17.6 Å². The molecule has 0 unspecified atom stereocenters. The molecule has 0 radical (unpaired) electrons. The van der Waals surface area contributed by atoms with Gasteiger partial charge < -0.3 is 5.32 Å². The minimum absolute atomic E-state index is 0.166. The van der Waals surface area contributed by atoms with E-state index in [-0.39, 0.29) is 23.9 Å². The van der Waals surface area contributed by atoms with Crippen molar-refractivity contribution in [3.8, 4) is 5.69 Å². The summed E-state index contributed by atoms with van der Waals surface area (Å²) < 4.78 is 3.28. The van der Waals surface area contributed by atoms with E-state index in [4.69, 9.17) is 0 Å². The van der Waals surface area contributed by atoms with Crippen LogP contribution in [0.2, 0.25) is 0 Å².